The summed E-state index contributed by atoms with van der Waals surface area (Å²) in [4.78, 5) is 8.50. The predicted molar refractivity (Wildman–Crippen MR) is 95.7 cm³/mol. The average molecular weight is 328 g/mol. The molecule has 0 aliphatic heterocycles. The third-order valence-electron chi connectivity index (χ3n) is 3.56. The first kappa shape index (κ1) is 17.6. The molecule has 6 heteroatoms. The SMILES string of the molecule is CN=C(NCCc1cc(OC)ccc1OC)NCc1ccccn1. The van der Waals surface area contributed by atoms with Crippen LogP contribution < -0.4 is 20.1 Å². The number of hydrogen-bond acceptors (Lipinski definition) is 4. The van der Waals surface area contributed by atoms with E-state index in [4.69, 9.17) is 9.47 Å². The number of hydrogen-bond donors (Lipinski definition) is 2. The Morgan fingerprint density at radius 3 is 2.67 bits per heavy atom. The summed E-state index contributed by atoms with van der Waals surface area (Å²) in [6, 6.07) is 11.6. The number of aliphatic imine (C=N–C) groups is 1. The van der Waals surface area contributed by atoms with E-state index in [0.29, 0.717) is 6.54 Å². The first-order chi connectivity index (χ1) is 11.8. The number of pyridine rings is 1. The minimum atomic E-state index is 0.628. The number of ether oxygens (including phenoxy) is 2. The minimum Gasteiger partial charge on any atom is -0.497 e. The zero-order valence-electron chi connectivity index (χ0n) is 14.4. The van der Waals surface area contributed by atoms with Gasteiger partial charge in [-0.05, 0) is 42.3 Å². The number of nitrogens with one attached hydrogen (secondary N) is 2. The lowest BCUT2D eigenvalue weighted by Crippen LogP contribution is -2.38. The summed E-state index contributed by atoms with van der Waals surface area (Å²) in [6.07, 6.45) is 2.58. The molecule has 24 heavy (non-hydrogen) atoms. The summed E-state index contributed by atoms with van der Waals surface area (Å²) >= 11 is 0. The molecule has 2 N–H and O–H groups in total. The van der Waals surface area contributed by atoms with E-state index in [1.54, 1.807) is 27.5 Å². The van der Waals surface area contributed by atoms with Crippen LogP contribution in [0.1, 0.15) is 11.3 Å². The number of benzene rings is 1. The van der Waals surface area contributed by atoms with Gasteiger partial charge in [0.15, 0.2) is 5.96 Å². The molecule has 0 aliphatic rings. The molecule has 128 valence electrons. The smallest absolute Gasteiger partial charge is 0.191 e. The van der Waals surface area contributed by atoms with Crippen molar-refractivity contribution in [1.82, 2.24) is 15.6 Å². The van der Waals surface area contributed by atoms with Crippen molar-refractivity contribution in [3.8, 4) is 11.5 Å². The molecule has 0 fully saturated rings. The van der Waals surface area contributed by atoms with Crippen molar-refractivity contribution in [2.24, 2.45) is 4.99 Å². The summed E-state index contributed by atoms with van der Waals surface area (Å²) in [5, 5.41) is 6.54. The lowest BCUT2D eigenvalue weighted by Gasteiger charge is -2.13. The molecular weight excluding hydrogens is 304 g/mol. The fourth-order valence-electron chi connectivity index (χ4n) is 2.29. The molecule has 0 saturated carbocycles. The van der Waals surface area contributed by atoms with Crippen LogP contribution in [0.2, 0.25) is 0 Å². The largest absolute Gasteiger partial charge is 0.497 e. The Hall–Kier alpha value is -2.76. The molecule has 0 amide bonds. The molecule has 2 rings (SSSR count). The number of aromatic nitrogens is 1. The molecule has 0 saturated heterocycles. The van der Waals surface area contributed by atoms with E-state index in [0.717, 1.165) is 41.7 Å². The Balaban J connectivity index is 1.85. The van der Waals surface area contributed by atoms with Crippen molar-refractivity contribution in [1.29, 1.82) is 0 Å². The normalized spacial score (nSPS) is 11.0. The molecule has 0 aliphatic carbocycles. The highest BCUT2D eigenvalue weighted by Gasteiger charge is 2.06. The average Bonchev–Trinajstić information content (AvgIpc) is 2.65. The van der Waals surface area contributed by atoms with Gasteiger partial charge in [0.25, 0.3) is 0 Å². The topological polar surface area (TPSA) is 67.8 Å². The van der Waals surface area contributed by atoms with Gasteiger partial charge >= 0.3 is 0 Å². The van der Waals surface area contributed by atoms with Crippen LogP contribution in [-0.2, 0) is 13.0 Å². The summed E-state index contributed by atoms with van der Waals surface area (Å²) in [6.45, 7) is 1.36. The van der Waals surface area contributed by atoms with E-state index in [1.165, 1.54) is 0 Å². The first-order valence-corrected chi connectivity index (χ1v) is 7.82. The molecule has 0 radical (unpaired) electrons. The van der Waals surface area contributed by atoms with Crippen LogP contribution in [0.3, 0.4) is 0 Å². The molecule has 0 unspecified atom stereocenters. The van der Waals surface area contributed by atoms with E-state index in [-0.39, 0.29) is 0 Å². The lowest BCUT2D eigenvalue weighted by molar-refractivity contribution is 0.398. The van der Waals surface area contributed by atoms with E-state index in [9.17, 15) is 0 Å². The van der Waals surface area contributed by atoms with Crippen LogP contribution in [0, 0.1) is 0 Å². The zero-order chi connectivity index (χ0) is 17.2. The lowest BCUT2D eigenvalue weighted by atomic mass is 10.1. The second-order valence-electron chi connectivity index (χ2n) is 5.10. The van der Waals surface area contributed by atoms with E-state index < -0.39 is 0 Å². The Morgan fingerprint density at radius 1 is 1.12 bits per heavy atom. The molecule has 0 bridgehead atoms. The van der Waals surface area contributed by atoms with Gasteiger partial charge < -0.3 is 20.1 Å². The van der Waals surface area contributed by atoms with Gasteiger partial charge in [-0.15, -0.1) is 0 Å². The maximum Gasteiger partial charge on any atom is 0.191 e. The molecule has 1 aromatic carbocycles. The van der Waals surface area contributed by atoms with Gasteiger partial charge in [0.2, 0.25) is 0 Å². The highest BCUT2D eigenvalue weighted by molar-refractivity contribution is 5.79. The standard InChI is InChI=1S/C18H24N4O2/c1-19-18(22-13-15-6-4-5-10-20-15)21-11-9-14-12-16(23-2)7-8-17(14)24-3/h4-8,10,12H,9,11,13H2,1-3H3,(H2,19,21,22). The highest BCUT2D eigenvalue weighted by atomic mass is 16.5. The van der Waals surface area contributed by atoms with Crippen molar-refractivity contribution < 1.29 is 9.47 Å². The Labute approximate surface area is 142 Å². The number of nitrogens with zero attached hydrogens (tertiary/aromatic N) is 2. The van der Waals surface area contributed by atoms with Crippen molar-refractivity contribution in [3.63, 3.8) is 0 Å². The van der Waals surface area contributed by atoms with Gasteiger partial charge in [-0.3, -0.25) is 9.98 Å². The van der Waals surface area contributed by atoms with Crippen molar-refractivity contribution >= 4 is 5.96 Å². The predicted octanol–water partition coefficient (Wildman–Crippen LogP) is 2.01. The number of methoxy groups -OCH3 is 2. The summed E-state index contributed by atoms with van der Waals surface area (Å²) < 4.78 is 10.7. The maximum absolute atomic E-state index is 5.40. The minimum absolute atomic E-state index is 0.628. The Morgan fingerprint density at radius 2 is 2.00 bits per heavy atom. The monoisotopic (exact) mass is 328 g/mol. The van der Waals surface area contributed by atoms with Gasteiger partial charge in [0.1, 0.15) is 11.5 Å². The van der Waals surface area contributed by atoms with Gasteiger partial charge in [0, 0.05) is 19.8 Å². The third-order valence-corrected chi connectivity index (χ3v) is 3.56. The van der Waals surface area contributed by atoms with Crippen LogP contribution in [0.15, 0.2) is 47.6 Å². The first-order valence-electron chi connectivity index (χ1n) is 7.82. The summed E-state index contributed by atoms with van der Waals surface area (Å²) in [5.74, 6) is 2.42. The molecular formula is C18H24N4O2. The Kier molecular flexibility index (Phi) is 6.89. The molecule has 6 nitrogen and oxygen atoms in total. The van der Waals surface area contributed by atoms with Gasteiger partial charge in [-0.2, -0.15) is 0 Å². The number of guanidine groups is 1. The molecule has 0 spiro atoms. The number of rotatable bonds is 7. The zero-order valence-corrected chi connectivity index (χ0v) is 14.4. The van der Waals surface area contributed by atoms with Crippen LogP contribution in [-0.4, -0.2) is 38.8 Å². The van der Waals surface area contributed by atoms with Crippen LogP contribution in [0.25, 0.3) is 0 Å². The van der Waals surface area contributed by atoms with Gasteiger partial charge in [0.05, 0.1) is 26.5 Å². The second kappa shape index (κ2) is 9.39. The van der Waals surface area contributed by atoms with E-state index >= 15 is 0 Å². The van der Waals surface area contributed by atoms with Crippen LogP contribution in [0.4, 0.5) is 0 Å². The summed E-state index contributed by atoms with van der Waals surface area (Å²) in [5.41, 5.74) is 2.06. The summed E-state index contributed by atoms with van der Waals surface area (Å²) in [7, 11) is 5.08. The van der Waals surface area contributed by atoms with E-state index in [1.807, 2.05) is 36.4 Å². The molecule has 1 aromatic heterocycles. The molecule has 0 atom stereocenters. The fourth-order valence-corrected chi connectivity index (χ4v) is 2.29. The van der Waals surface area contributed by atoms with Crippen LogP contribution in [0.5, 0.6) is 11.5 Å². The fraction of sp³-hybridized carbons (Fsp3) is 0.333. The Bertz CT molecular complexity index is 659. The molecule has 1 heterocycles. The van der Waals surface area contributed by atoms with Crippen molar-refractivity contribution in [2.45, 2.75) is 13.0 Å². The third kappa shape index (κ3) is 5.15. The quantitative estimate of drug-likeness (QED) is 0.601. The van der Waals surface area contributed by atoms with E-state index in [2.05, 4.69) is 20.6 Å². The molecule has 2 aromatic rings. The van der Waals surface area contributed by atoms with Crippen molar-refractivity contribution in [3.05, 3.63) is 53.9 Å². The van der Waals surface area contributed by atoms with Gasteiger partial charge in [-0.25, -0.2) is 0 Å². The van der Waals surface area contributed by atoms with Gasteiger partial charge in [-0.1, -0.05) is 6.07 Å². The highest BCUT2D eigenvalue weighted by Crippen LogP contribution is 2.24. The second-order valence-corrected chi connectivity index (χ2v) is 5.10. The maximum atomic E-state index is 5.40. The van der Waals surface area contributed by atoms with Crippen LogP contribution >= 0.6 is 0 Å². The van der Waals surface area contributed by atoms with Crippen molar-refractivity contribution in [2.75, 3.05) is 27.8 Å².